The number of hydrogen-bond acceptors (Lipinski definition) is 3. The molecule has 25 heavy (non-hydrogen) atoms. The molecule has 6 heteroatoms. The second kappa shape index (κ2) is 7.40. The molecule has 3 aromatic rings. The highest BCUT2D eigenvalue weighted by Gasteiger charge is 2.22. The van der Waals surface area contributed by atoms with Crippen molar-refractivity contribution in [1.82, 2.24) is 0 Å². The maximum Gasteiger partial charge on any atom is 0.293 e. The summed E-state index contributed by atoms with van der Waals surface area (Å²) in [4.78, 5) is 24.7. The van der Waals surface area contributed by atoms with Gasteiger partial charge in [-0.3, -0.25) is 9.59 Å². The Morgan fingerprint density at radius 2 is 1.76 bits per heavy atom. The lowest BCUT2D eigenvalue weighted by molar-refractivity contribution is -0.116. The van der Waals surface area contributed by atoms with Crippen LogP contribution in [0.5, 0.6) is 0 Å². The lowest BCUT2D eigenvalue weighted by Gasteiger charge is -2.07. The Balaban J connectivity index is 1.94. The highest BCUT2D eigenvalue weighted by molar-refractivity contribution is 6.30. The van der Waals surface area contributed by atoms with Gasteiger partial charge in [0.05, 0.1) is 0 Å². The Morgan fingerprint density at radius 1 is 1.04 bits per heavy atom. The van der Waals surface area contributed by atoms with Gasteiger partial charge in [-0.1, -0.05) is 30.7 Å². The highest BCUT2D eigenvalue weighted by Crippen LogP contribution is 2.31. The number of carbonyl (C=O) groups excluding carboxylic acids is 2. The molecule has 1 aromatic heterocycles. The van der Waals surface area contributed by atoms with E-state index in [0.717, 1.165) is 0 Å². The van der Waals surface area contributed by atoms with Gasteiger partial charge in [0.2, 0.25) is 11.7 Å². The molecule has 1 heterocycles. The molecule has 2 aromatic carbocycles. The van der Waals surface area contributed by atoms with Crippen molar-refractivity contribution >= 4 is 45.8 Å². The second-order valence-corrected chi connectivity index (χ2v) is 6.00. The van der Waals surface area contributed by atoms with Crippen molar-refractivity contribution in [3.05, 3.63) is 59.3 Å². The first-order chi connectivity index (χ1) is 12.1. The van der Waals surface area contributed by atoms with Crippen LogP contribution in [0.25, 0.3) is 11.0 Å². The highest BCUT2D eigenvalue weighted by atomic mass is 35.5. The summed E-state index contributed by atoms with van der Waals surface area (Å²) >= 11 is 5.85. The zero-order chi connectivity index (χ0) is 17.8. The minimum atomic E-state index is -0.440. The summed E-state index contributed by atoms with van der Waals surface area (Å²) in [7, 11) is 0. The van der Waals surface area contributed by atoms with Crippen LogP contribution in [0.2, 0.25) is 5.02 Å². The van der Waals surface area contributed by atoms with Gasteiger partial charge < -0.3 is 15.1 Å². The molecule has 0 bridgehead atoms. The Labute approximate surface area is 150 Å². The molecule has 0 saturated carbocycles. The summed E-state index contributed by atoms with van der Waals surface area (Å²) in [5.74, 6) is -0.527. The smallest absolute Gasteiger partial charge is 0.293 e. The predicted molar refractivity (Wildman–Crippen MR) is 99.2 cm³/mol. The third-order valence-electron chi connectivity index (χ3n) is 3.65. The summed E-state index contributed by atoms with van der Waals surface area (Å²) < 4.78 is 5.68. The van der Waals surface area contributed by atoms with Crippen LogP contribution in [0.4, 0.5) is 11.4 Å². The van der Waals surface area contributed by atoms with Crippen LogP contribution in [-0.2, 0) is 4.79 Å². The van der Waals surface area contributed by atoms with Crippen LogP contribution in [0.3, 0.4) is 0 Å². The Hall–Kier alpha value is -2.79. The number of carbonyl (C=O) groups is 2. The fraction of sp³-hybridized carbons (Fsp3) is 0.158. The van der Waals surface area contributed by atoms with Gasteiger partial charge >= 0.3 is 0 Å². The summed E-state index contributed by atoms with van der Waals surface area (Å²) in [6.07, 6.45) is 1.09. The number of para-hydroxylation sites is 1. The van der Waals surface area contributed by atoms with Gasteiger partial charge in [0.15, 0.2) is 0 Å². The normalized spacial score (nSPS) is 10.6. The first-order valence-corrected chi connectivity index (χ1v) is 8.34. The van der Waals surface area contributed by atoms with Crippen molar-refractivity contribution in [3.8, 4) is 0 Å². The van der Waals surface area contributed by atoms with Crippen molar-refractivity contribution in [2.75, 3.05) is 10.6 Å². The Kier molecular flexibility index (Phi) is 5.05. The average molecular weight is 357 g/mol. The average Bonchev–Trinajstić information content (AvgIpc) is 2.96. The molecule has 0 fully saturated rings. The molecule has 2 N–H and O–H groups in total. The summed E-state index contributed by atoms with van der Waals surface area (Å²) in [5.41, 5.74) is 1.51. The number of anilines is 2. The molecule has 0 aliphatic carbocycles. The van der Waals surface area contributed by atoms with E-state index in [-0.39, 0.29) is 11.7 Å². The molecular weight excluding hydrogens is 340 g/mol. The van der Waals surface area contributed by atoms with Crippen molar-refractivity contribution in [2.45, 2.75) is 19.8 Å². The SMILES string of the molecule is CCCC(=O)Nc1c(C(=O)Nc2ccc(Cl)cc2)oc2ccccc12. The molecule has 0 atom stereocenters. The lowest BCUT2D eigenvalue weighted by Crippen LogP contribution is -2.16. The summed E-state index contributed by atoms with van der Waals surface area (Å²) in [6.45, 7) is 1.92. The van der Waals surface area contributed by atoms with Crippen molar-refractivity contribution in [3.63, 3.8) is 0 Å². The molecule has 0 unspecified atom stereocenters. The molecule has 3 rings (SSSR count). The first-order valence-electron chi connectivity index (χ1n) is 7.96. The van der Waals surface area contributed by atoms with Crippen molar-refractivity contribution < 1.29 is 14.0 Å². The van der Waals surface area contributed by atoms with E-state index in [1.807, 2.05) is 19.1 Å². The molecule has 0 aliphatic heterocycles. The third-order valence-corrected chi connectivity index (χ3v) is 3.90. The monoisotopic (exact) mass is 356 g/mol. The Bertz CT molecular complexity index is 916. The van der Waals surface area contributed by atoms with Crippen LogP contribution in [0, 0.1) is 0 Å². The number of halogens is 1. The minimum absolute atomic E-state index is 0.0700. The lowest BCUT2D eigenvalue weighted by atomic mass is 10.2. The van der Waals surface area contributed by atoms with E-state index in [2.05, 4.69) is 10.6 Å². The van der Waals surface area contributed by atoms with E-state index in [9.17, 15) is 9.59 Å². The maximum atomic E-state index is 12.6. The second-order valence-electron chi connectivity index (χ2n) is 5.56. The fourth-order valence-corrected chi connectivity index (χ4v) is 2.61. The van der Waals surface area contributed by atoms with E-state index < -0.39 is 5.91 Å². The fourth-order valence-electron chi connectivity index (χ4n) is 2.48. The van der Waals surface area contributed by atoms with E-state index in [1.54, 1.807) is 36.4 Å². The molecule has 0 aliphatic rings. The van der Waals surface area contributed by atoms with Crippen LogP contribution in [0.15, 0.2) is 52.9 Å². The topological polar surface area (TPSA) is 71.3 Å². The summed E-state index contributed by atoms with van der Waals surface area (Å²) in [6, 6.07) is 13.9. The molecule has 0 spiro atoms. The Morgan fingerprint density at radius 3 is 2.48 bits per heavy atom. The molecular formula is C19H17ClN2O3. The first kappa shape index (κ1) is 17.0. The van der Waals surface area contributed by atoms with Gasteiger partial charge in [-0.15, -0.1) is 0 Å². The predicted octanol–water partition coefficient (Wildman–Crippen LogP) is 5.08. The van der Waals surface area contributed by atoms with Crippen LogP contribution in [-0.4, -0.2) is 11.8 Å². The van der Waals surface area contributed by atoms with Gasteiger partial charge in [0.25, 0.3) is 5.91 Å². The molecule has 2 amide bonds. The number of nitrogens with one attached hydrogen (secondary N) is 2. The van der Waals surface area contributed by atoms with Crippen LogP contribution < -0.4 is 10.6 Å². The van der Waals surface area contributed by atoms with E-state index in [1.165, 1.54) is 0 Å². The van der Waals surface area contributed by atoms with E-state index >= 15 is 0 Å². The van der Waals surface area contributed by atoms with Gasteiger partial charge in [-0.25, -0.2) is 0 Å². The third kappa shape index (κ3) is 3.83. The van der Waals surface area contributed by atoms with Crippen molar-refractivity contribution in [1.29, 1.82) is 0 Å². The van der Waals surface area contributed by atoms with Gasteiger partial charge in [0.1, 0.15) is 11.3 Å². The van der Waals surface area contributed by atoms with Gasteiger partial charge in [0, 0.05) is 22.5 Å². The number of furan rings is 1. The quantitative estimate of drug-likeness (QED) is 0.669. The van der Waals surface area contributed by atoms with Gasteiger partial charge in [-0.2, -0.15) is 0 Å². The number of benzene rings is 2. The van der Waals surface area contributed by atoms with E-state index in [0.29, 0.717) is 40.2 Å². The number of fused-ring (bicyclic) bond motifs is 1. The molecule has 5 nitrogen and oxygen atoms in total. The van der Waals surface area contributed by atoms with Crippen molar-refractivity contribution in [2.24, 2.45) is 0 Å². The molecule has 128 valence electrons. The zero-order valence-corrected chi connectivity index (χ0v) is 14.4. The summed E-state index contributed by atoms with van der Waals surface area (Å²) in [5, 5.41) is 6.81. The number of amides is 2. The van der Waals surface area contributed by atoms with Gasteiger partial charge in [-0.05, 0) is 42.8 Å². The number of rotatable bonds is 5. The maximum absolute atomic E-state index is 12.6. The van der Waals surface area contributed by atoms with Crippen LogP contribution in [0.1, 0.15) is 30.3 Å². The minimum Gasteiger partial charge on any atom is -0.449 e. The molecule has 0 radical (unpaired) electrons. The zero-order valence-electron chi connectivity index (χ0n) is 13.6. The largest absolute Gasteiger partial charge is 0.449 e. The van der Waals surface area contributed by atoms with E-state index in [4.69, 9.17) is 16.0 Å². The van der Waals surface area contributed by atoms with Crippen LogP contribution >= 0.6 is 11.6 Å². The molecule has 0 saturated heterocycles. The number of hydrogen-bond donors (Lipinski definition) is 2. The standard InChI is InChI=1S/C19H17ClN2O3/c1-2-5-16(23)22-17-14-6-3-4-7-15(14)25-18(17)19(24)21-13-10-8-12(20)9-11-13/h3-4,6-11H,2,5H2,1H3,(H,21,24)(H,22,23).